The molecular weight excluding hydrogens is 250 g/mol. The van der Waals surface area contributed by atoms with E-state index in [0.717, 1.165) is 17.0 Å². The van der Waals surface area contributed by atoms with Crippen LogP contribution in [-0.2, 0) is 0 Å². The van der Waals surface area contributed by atoms with Crippen LogP contribution in [0.5, 0.6) is 0 Å². The second-order valence-electron chi connectivity index (χ2n) is 4.37. The molecule has 1 heterocycles. The molecule has 0 aliphatic carbocycles. The quantitative estimate of drug-likeness (QED) is 0.769. The van der Waals surface area contributed by atoms with E-state index in [4.69, 9.17) is 4.42 Å². The van der Waals surface area contributed by atoms with Crippen LogP contribution < -0.4 is 5.32 Å². The Morgan fingerprint density at radius 1 is 0.850 bits per heavy atom. The summed E-state index contributed by atoms with van der Waals surface area (Å²) in [4.78, 5) is 12.0. The summed E-state index contributed by atoms with van der Waals surface area (Å²) in [6.45, 7) is 0. The monoisotopic (exact) mass is 263 g/mol. The van der Waals surface area contributed by atoms with Gasteiger partial charge in [-0.1, -0.05) is 18.2 Å². The van der Waals surface area contributed by atoms with Gasteiger partial charge in [0.1, 0.15) is 5.76 Å². The predicted molar refractivity (Wildman–Crippen MR) is 78.5 cm³/mol. The molecule has 0 fully saturated rings. The number of amides is 1. The van der Waals surface area contributed by atoms with Crippen LogP contribution in [0.4, 0.5) is 5.69 Å². The minimum Gasteiger partial charge on any atom is -0.464 e. The van der Waals surface area contributed by atoms with Crippen LogP contribution in [0, 0.1) is 0 Å². The Morgan fingerprint density at radius 2 is 1.60 bits per heavy atom. The van der Waals surface area contributed by atoms with Crippen molar-refractivity contribution in [1.29, 1.82) is 0 Å². The predicted octanol–water partition coefficient (Wildman–Crippen LogP) is 4.20. The normalized spacial score (nSPS) is 10.2. The molecule has 0 radical (unpaired) electrons. The van der Waals surface area contributed by atoms with Crippen LogP contribution in [0.3, 0.4) is 0 Å². The maximum Gasteiger partial charge on any atom is 0.255 e. The van der Waals surface area contributed by atoms with Crippen molar-refractivity contribution < 1.29 is 9.21 Å². The zero-order valence-corrected chi connectivity index (χ0v) is 10.7. The fraction of sp³-hybridized carbons (Fsp3) is 0. The highest BCUT2D eigenvalue weighted by Crippen LogP contribution is 2.21. The van der Waals surface area contributed by atoms with Crippen molar-refractivity contribution >= 4 is 11.6 Å². The third-order valence-corrected chi connectivity index (χ3v) is 2.98. The van der Waals surface area contributed by atoms with E-state index in [9.17, 15) is 4.79 Å². The summed E-state index contributed by atoms with van der Waals surface area (Å²) < 4.78 is 5.32. The van der Waals surface area contributed by atoms with Crippen molar-refractivity contribution in [3.05, 3.63) is 78.6 Å². The molecule has 3 heteroatoms. The van der Waals surface area contributed by atoms with E-state index in [1.165, 1.54) is 0 Å². The van der Waals surface area contributed by atoms with Crippen molar-refractivity contribution in [2.24, 2.45) is 0 Å². The maximum atomic E-state index is 12.0. The number of rotatable bonds is 3. The Bertz CT molecular complexity index is 686. The van der Waals surface area contributed by atoms with Gasteiger partial charge in [-0.15, -0.1) is 0 Å². The standard InChI is InChI=1S/C17H13NO2/c19-17(14-5-2-1-3-6-14)18-15-10-8-13(9-11-15)16-7-4-12-20-16/h1-12H,(H,18,19). The van der Waals surface area contributed by atoms with E-state index < -0.39 is 0 Å². The zero-order chi connectivity index (χ0) is 13.8. The summed E-state index contributed by atoms with van der Waals surface area (Å²) in [7, 11) is 0. The smallest absolute Gasteiger partial charge is 0.255 e. The van der Waals surface area contributed by atoms with Crippen molar-refractivity contribution in [2.75, 3.05) is 5.32 Å². The SMILES string of the molecule is O=C(Nc1ccc(-c2ccco2)cc1)c1ccccc1. The van der Waals surface area contributed by atoms with Gasteiger partial charge in [0, 0.05) is 16.8 Å². The van der Waals surface area contributed by atoms with Gasteiger partial charge >= 0.3 is 0 Å². The molecule has 0 aliphatic rings. The molecule has 0 unspecified atom stereocenters. The number of hydrogen-bond acceptors (Lipinski definition) is 2. The molecule has 0 bridgehead atoms. The Kier molecular flexibility index (Phi) is 3.33. The summed E-state index contributed by atoms with van der Waals surface area (Å²) in [6, 6.07) is 20.4. The number of hydrogen-bond donors (Lipinski definition) is 1. The van der Waals surface area contributed by atoms with Crippen LogP contribution >= 0.6 is 0 Å². The third kappa shape index (κ3) is 2.62. The molecule has 3 rings (SSSR count). The number of nitrogens with one attached hydrogen (secondary N) is 1. The number of carbonyl (C=O) groups excluding carboxylic acids is 1. The molecule has 3 aromatic rings. The molecule has 20 heavy (non-hydrogen) atoms. The lowest BCUT2D eigenvalue weighted by atomic mass is 10.1. The summed E-state index contributed by atoms with van der Waals surface area (Å²) >= 11 is 0. The zero-order valence-electron chi connectivity index (χ0n) is 10.7. The number of furan rings is 1. The van der Waals surface area contributed by atoms with E-state index in [1.54, 1.807) is 18.4 Å². The lowest BCUT2D eigenvalue weighted by molar-refractivity contribution is 0.102. The highest BCUT2D eigenvalue weighted by molar-refractivity contribution is 6.04. The molecule has 0 atom stereocenters. The fourth-order valence-electron chi connectivity index (χ4n) is 1.95. The molecule has 98 valence electrons. The van der Waals surface area contributed by atoms with Gasteiger partial charge in [0.05, 0.1) is 6.26 Å². The van der Waals surface area contributed by atoms with Gasteiger partial charge in [-0.05, 0) is 48.5 Å². The average Bonchev–Trinajstić information content (AvgIpc) is 3.03. The molecule has 0 spiro atoms. The molecule has 0 aliphatic heterocycles. The van der Waals surface area contributed by atoms with Gasteiger partial charge in [-0.25, -0.2) is 0 Å². The second-order valence-corrected chi connectivity index (χ2v) is 4.37. The first-order valence-corrected chi connectivity index (χ1v) is 6.33. The first-order chi connectivity index (χ1) is 9.83. The van der Waals surface area contributed by atoms with Gasteiger partial charge in [-0.3, -0.25) is 4.79 Å². The summed E-state index contributed by atoms with van der Waals surface area (Å²) in [5, 5.41) is 2.86. The minimum absolute atomic E-state index is 0.114. The third-order valence-electron chi connectivity index (χ3n) is 2.98. The summed E-state index contributed by atoms with van der Waals surface area (Å²) in [5.41, 5.74) is 2.38. The molecule has 2 aromatic carbocycles. The van der Waals surface area contributed by atoms with Crippen LogP contribution in [0.1, 0.15) is 10.4 Å². The van der Waals surface area contributed by atoms with Crippen LogP contribution in [0.2, 0.25) is 0 Å². The molecule has 1 aromatic heterocycles. The maximum absolute atomic E-state index is 12.0. The highest BCUT2D eigenvalue weighted by atomic mass is 16.3. The van der Waals surface area contributed by atoms with Crippen molar-refractivity contribution in [2.45, 2.75) is 0 Å². The van der Waals surface area contributed by atoms with E-state index in [2.05, 4.69) is 5.32 Å². The van der Waals surface area contributed by atoms with Gasteiger partial charge in [0.15, 0.2) is 0 Å². The lowest BCUT2D eigenvalue weighted by Gasteiger charge is -2.05. The van der Waals surface area contributed by atoms with Crippen LogP contribution in [-0.4, -0.2) is 5.91 Å². The first-order valence-electron chi connectivity index (χ1n) is 6.33. The van der Waals surface area contributed by atoms with Gasteiger partial charge in [0.2, 0.25) is 0 Å². The second kappa shape index (κ2) is 5.45. The van der Waals surface area contributed by atoms with Gasteiger partial charge < -0.3 is 9.73 Å². The highest BCUT2D eigenvalue weighted by Gasteiger charge is 2.05. The van der Waals surface area contributed by atoms with E-state index in [1.807, 2.05) is 54.6 Å². The topological polar surface area (TPSA) is 42.2 Å². The summed E-state index contributed by atoms with van der Waals surface area (Å²) in [6.07, 6.45) is 1.64. The Balaban J connectivity index is 1.74. The molecule has 1 amide bonds. The largest absolute Gasteiger partial charge is 0.464 e. The van der Waals surface area contributed by atoms with Crippen LogP contribution in [0.25, 0.3) is 11.3 Å². The van der Waals surface area contributed by atoms with Gasteiger partial charge in [-0.2, -0.15) is 0 Å². The first kappa shape index (κ1) is 12.2. The minimum atomic E-state index is -0.114. The molecule has 0 saturated carbocycles. The van der Waals surface area contributed by atoms with Crippen LogP contribution in [0.15, 0.2) is 77.4 Å². The van der Waals surface area contributed by atoms with Crippen molar-refractivity contribution in [3.8, 4) is 11.3 Å². The lowest BCUT2D eigenvalue weighted by Crippen LogP contribution is -2.11. The fourth-order valence-corrected chi connectivity index (χ4v) is 1.95. The number of benzene rings is 2. The Labute approximate surface area is 116 Å². The number of carbonyl (C=O) groups is 1. The molecule has 1 N–H and O–H groups in total. The average molecular weight is 263 g/mol. The van der Waals surface area contributed by atoms with Crippen molar-refractivity contribution in [3.63, 3.8) is 0 Å². The molecule has 3 nitrogen and oxygen atoms in total. The summed E-state index contributed by atoms with van der Waals surface area (Å²) in [5.74, 6) is 0.697. The number of anilines is 1. The molecular formula is C17H13NO2. The van der Waals surface area contributed by atoms with Crippen molar-refractivity contribution in [1.82, 2.24) is 0 Å². The molecule has 0 saturated heterocycles. The Hall–Kier alpha value is -2.81. The Morgan fingerprint density at radius 3 is 2.25 bits per heavy atom. The van der Waals surface area contributed by atoms with E-state index in [-0.39, 0.29) is 5.91 Å². The van der Waals surface area contributed by atoms with Gasteiger partial charge in [0.25, 0.3) is 5.91 Å². The van der Waals surface area contributed by atoms with E-state index >= 15 is 0 Å². The van der Waals surface area contributed by atoms with E-state index in [0.29, 0.717) is 5.56 Å².